The zero-order valence-electron chi connectivity index (χ0n) is 10.3. The van der Waals surface area contributed by atoms with Crippen molar-refractivity contribution in [1.29, 1.82) is 0 Å². The van der Waals surface area contributed by atoms with Gasteiger partial charge in [0.25, 0.3) is 0 Å². The predicted octanol–water partition coefficient (Wildman–Crippen LogP) is 3.59. The summed E-state index contributed by atoms with van der Waals surface area (Å²) in [5.41, 5.74) is 0. The lowest BCUT2D eigenvalue weighted by Crippen LogP contribution is -2.41. The Kier molecular flexibility index (Phi) is 4.94. The maximum absolute atomic E-state index is 3.76. The Morgan fingerprint density at radius 3 is 2.07 bits per heavy atom. The lowest BCUT2D eigenvalue weighted by atomic mass is 9.84. The van der Waals surface area contributed by atoms with Crippen molar-refractivity contribution in [3.63, 3.8) is 0 Å². The van der Waals surface area contributed by atoms with E-state index in [1.807, 2.05) is 0 Å². The molecule has 0 heterocycles. The van der Waals surface area contributed by atoms with Crippen molar-refractivity contribution in [3.8, 4) is 0 Å². The normalized spacial score (nSPS) is 30.6. The molecule has 1 rings (SSSR count). The van der Waals surface area contributed by atoms with Crippen molar-refractivity contribution in [2.24, 2.45) is 11.8 Å². The van der Waals surface area contributed by atoms with E-state index in [-0.39, 0.29) is 0 Å². The molecule has 1 fully saturated rings. The van der Waals surface area contributed by atoms with Gasteiger partial charge >= 0.3 is 0 Å². The quantitative estimate of drug-likeness (QED) is 0.726. The molecule has 0 aromatic heterocycles. The first-order valence-corrected chi connectivity index (χ1v) is 6.39. The first-order valence-electron chi connectivity index (χ1n) is 6.39. The molecule has 0 spiro atoms. The second-order valence-electron chi connectivity index (χ2n) is 5.33. The average molecular weight is 197 g/mol. The fourth-order valence-electron chi connectivity index (χ4n) is 2.30. The van der Waals surface area contributed by atoms with E-state index in [0.29, 0.717) is 6.04 Å². The lowest BCUT2D eigenvalue weighted by molar-refractivity contribution is 0.256. The third-order valence-corrected chi connectivity index (χ3v) is 3.92. The molecule has 1 aliphatic carbocycles. The van der Waals surface area contributed by atoms with Crippen molar-refractivity contribution in [2.75, 3.05) is 0 Å². The highest BCUT2D eigenvalue weighted by Gasteiger charge is 2.21. The second-order valence-corrected chi connectivity index (χ2v) is 5.33. The van der Waals surface area contributed by atoms with Crippen LogP contribution in [0.15, 0.2) is 0 Å². The minimum Gasteiger partial charge on any atom is -0.311 e. The van der Waals surface area contributed by atoms with Gasteiger partial charge in [-0.25, -0.2) is 0 Å². The number of hydrogen-bond acceptors (Lipinski definition) is 1. The largest absolute Gasteiger partial charge is 0.311 e. The molecule has 0 aromatic carbocycles. The van der Waals surface area contributed by atoms with Crippen molar-refractivity contribution < 1.29 is 0 Å². The van der Waals surface area contributed by atoms with Gasteiger partial charge < -0.3 is 5.32 Å². The van der Waals surface area contributed by atoms with Crippen LogP contribution in [0.1, 0.15) is 59.8 Å². The second kappa shape index (κ2) is 5.75. The first kappa shape index (κ1) is 12.0. The molecule has 0 radical (unpaired) electrons. The maximum atomic E-state index is 3.76. The van der Waals surface area contributed by atoms with Crippen LogP contribution in [0.5, 0.6) is 0 Å². The SMILES string of the molecule is CCC1CCC(N[C@H](C)C(C)C)CC1. The predicted molar refractivity (Wildman–Crippen MR) is 63.5 cm³/mol. The maximum Gasteiger partial charge on any atom is 0.00698 e. The first-order chi connectivity index (χ1) is 6.63. The van der Waals surface area contributed by atoms with Crippen LogP contribution >= 0.6 is 0 Å². The highest BCUT2D eigenvalue weighted by Crippen LogP contribution is 2.26. The number of rotatable bonds is 4. The monoisotopic (exact) mass is 197 g/mol. The highest BCUT2D eigenvalue weighted by atomic mass is 14.9. The van der Waals surface area contributed by atoms with Crippen molar-refractivity contribution in [1.82, 2.24) is 5.32 Å². The summed E-state index contributed by atoms with van der Waals surface area (Å²) in [4.78, 5) is 0. The van der Waals surface area contributed by atoms with Gasteiger partial charge in [-0.1, -0.05) is 27.2 Å². The van der Waals surface area contributed by atoms with Gasteiger partial charge in [-0.3, -0.25) is 0 Å². The van der Waals surface area contributed by atoms with E-state index in [1.54, 1.807) is 0 Å². The smallest absolute Gasteiger partial charge is 0.00698 e. The Morgan fingerprint density at radius 1 is 1.07 bits per heavy atom. The molecule has 0 amide bonds. The molecule has 84 valence electrons. The van der Waals surface area contributed by atoms with Crippen LogP contribution < -0.4 is 5.32 Å². The Labute approximate surface area is 89.7 Å². The fourth-order valence-corrected chi connectivity index (χ4v) is 2.30. The molecule has 1 N–H and O–H groups in total. The molecule has 0 aromatic rings. The van der Waals surface area contributed by atoms with E-state index < -0.39 is 0 Å². The Bertz CT molecular complexity index is 145. The van der Waals surface area contributed by atoms with E-state index in [9.17, 15) is 0 Å². The molecular weight excluding hydrogens is 170 g/mol. The van der Waals surface area contributed by atoms with E-state index >= 15 is 0 Å². The van der Waals surface area contributed by atoms with E-state index in [0.717, 1.165) is 17.9 Å². The topological polar surface area (TPSA) is 12.0 Å². The highest BCUT2D eigenvalue weighted by molar-refractivity contribution is 4.79. The van der Waals surface area contributed by atoms with Crippen LogP contribution in [-0.4, -0.2) is 12.1 Å². The van der Waals surface area contributed by atoms with Crippen LogP contribution in [0.4, 0.5) is 0 Å². The molecule has 0 saturated heterocycles. The molecule has 1 atom stereocenters. The van der Waals surface area contributed by atoms with Gasteiger partial charge in [0, 0.05) is 12.1 Å². The van der Waals surface area contributed by atoms with Crippen molar-refractivity contribution in [3.05, 3.63) is 0 Å². The molecule has 0 aliphatic heterocycles. The molecule has 1 heteroatoms. The lowest BCUT2D eigenvalue weighted by Gasteiger charge is -2.32. The van der Waals surface area contributed by atoms with Gasteiger partial charge in [-0.05, 0) is 44.4 Å². The Hall–Kier alpha value is -0.0400. The van der Waals surface area contributed by atoms with Crippen molar-refractivity contribution >= 4 is 0 Å². The molecule has 1 saturated carbocycles. The van der Waals surface area contributed by atoms with Gasteiger partial charge in [0.1, 0.15) is 0 Å². The molecular formula is C13H27N. The van der Waals surface area contributed by atoms with Gasteiger partial charge in [0.15, 0.2) is 0 Å². The molecule has 0 bridgehead atoms. The summed E-state index contributed by atoms with van der Waals surface area (Å²) in [5.74, 6) is 1.78. The molecule has 1 aliphatic rings. The van der Waals surface area contributed by atoms with Crippen molar-refractivity contribution in [2.45, 2.75) is 71.9 Å². The van der Waals surface area contributed by atoms with Gasteiger partial charge in [-0.15, -0.1) is 0 Å². The van der Waals surface area contributed by atoms with Crippen LogP contribution in [-0.2, 0) is 0 Å². The summed E-state index contributed by atoms with van der Waals surface area (Å²) in [6.45, 7) is 9.25. The van der Waals surface area contributed by atoms with Crippen LogP contribution in [0, 0.1) is 11.8 Å². The number of hydrogen-bond donors (Lipinski definition) is 1. The fraction of sp³-hybridized carbons (Fsp3) is 1.00. The molecule has 1 nitrogen and oxygen atoms in total. The van der Waals surface area contributed by atoms with Gasteiger partial charge in [0.2, 0.25) is 0 Å². The summed E-state index contributed by atoms with van der Waals surface area (Å²) in [5, 5.41) is 3.76. The molecule has 0 unspecified atom stereocenters. The van der Waals surface area contributed by atoms with Gasteiger partial charge in [-0.2, -0.15) is 0 Å². The van der Waals surface area contributed by atoms with E-state index in [4.69, 9.17) is 0 Å². The summed E-state index contributed by atoms with van der Waals surface area (Å²) in [7, 11) is 0. The minimum absolute atomic E-state index is 0.679. The summed E-state index contributed by atoms with van der Waals surface area (Å²) < 4.78 is 0. The molecule has 14 heavy (non-hydrogen) atoms. The van der Waals surface area contributed by atoms with Crippen LogP contribution in [0.3, 0.4) is 0 Å². The van der Waals surface area contributed by atoms with Crippen LogP contribution in [0.2, 0.25) is 0 Å². The third-order valence-electron chi connectivity index (χ3n) is 3.92. The van der Waals surface area contributed by atoms with Crippen LogP contribution in [0.25, 0.3) is 0 Å². The zero-order valence-corrected chi connectivity index (χ0v) is 10.3. The number of nitrogens with one attached hydrogen (secondary N) is 1. The standard InChI is InChI=1S/C13H27N/c1-5-12-6-8-13(9-7-12)14-11(4)10(2)3/h10-14H,5-9H2,1-4H3/t11-,12?,13?/m1/s1. The summed E-state index contributed by atoms with van der Waals surface area (Å²) in [6, 6.07) is 1.48. The summed E-state index contributed by atoms with van der Waals surface area (Å²) in [6.07, 6.45) is 7.07. The zero-order chi connectivity index (χ0) is 10.6. The average Bonchev–Trinajstić information content (AvgIpc) is 2.19. The Morgan fingerprint density at radius 2 is 1.64 bits per heavy atom. The summed E-state index contributed by atoms with van der Waals surface area (Å²) >= 11 is 0. The minimum atomic E-state index is 0.679. The Balaban J connectivity index is 2.22. The van der Waals surface area contributed by atoms with Gasteiger partial charge in [0.05, 0.1) is 0 Å². The van der Waals surface area contributed by atoms with E-state index in [1.165, 1.54) is 32.1 Å². The van der Waals surface area contributed by atoms with E-state index in [2.05, 4.69) is 33.0 Å². The third kappa shape index (κ3) is 3.61.